The minimum Gasteiger partial charge on any atom is -0.490 e. The van der Waals surface area contributed by atoms with Gasteiger partial charge in [-0.2, -0.15) is 0 Å². The molecule has 1 atom stereocenters. The topological polar surface area (TPSA) is 131 Å². The lowest BCUT2D eigenvalue weighted by atomic mass is 9.97. The van der Waals surface area contributed by atoms with Crippen LogP contribution >= 0.6 is 49.9 Å². The third kappa shape index (κ3) is 7.03. The van der Waals surface area contributed by atoms with Crippen molar-refractivity contribution in [1.82, 2.24) is 4.57 Å². The van der Waals surface area contributed by atoms with Crippen LogP contribution in [0.5, 0.6) is 17.2 Å². The molecule has 11 nitrogen and oxygen atoms in total. The number of thiazole rings is 1. The number of benzene rings is 3. The predicted octanol–water partition coefficient (Wildman–Crippen LogP) is 5.67. The number of esters is 1. The minimum atomic E-state index is -0.832. The smallest absolute Gasteiger partial charge is 0.337 e. The maximum Gasteiger partial charge on any atom is 0.337 e. The molecule has 3 aromatic carbocycles. The average molecular weight is 820 g/mol. The van der Waals surface area contributed by atoms with E-state index in [0.717, 1.165) is 13.6 Å². The lowest BCUT2D eigenvalue weighted by Crippen LogP contribution is -2.39. The molecule has 0 saturated carbocycles. The molecule has 5 rings (SSSR count). The van der Waals surface area contributed by atoms with Crippen LogP contribution in [0.1, 0.15) is 36.6 Å². The van der Waals surface area contributed by atoms with Gasteiger partial charge in [-0.25, -0.2) is 9.79 Å². The quantitative estimate of drug-likeness (QED) is 0.0820. The summed E-state index contributed by atoms with van der Waals surface area (Å²) >= 11 is 6.87. The molecule has 0 fully saturated rings. The molecule has 1 aromatic heterocycles. The molecule has 0 spiro atoms. The number of ether oxygens (including phenoxy) is 4. The number of halogens is 2. The number of fused-ring (bicyclic) bond motifs is 1. The first-order valence-electron chi connectivity index (χ1n) is 14.0. The second-order valence-corrected chi connectivity index (χ2v) is 12.9. The van der Waals surface area contributed by atoms with Gasteiger partial charge in [0.25, 0.3) is 11.2 Å². The summed E-state index contributed by atoms with van der Waals surface area (Å²) in [6, 6.07) is 14.3. The number of non-ortho nitro benzene ring substituents is 1. The summed E-state index contributed by atoms with van der Waals surface area (Å²) in [5.74, 6) is 0.962. The predicted molar refractivity (Wildman–Crippen MR) is 184 cm³/mol. The van der Waals surface area contributed by atoms with E-state index in [0.29, 0.717) is 50.9 Å². The number of methoxy groups -OCH3 is 1. The van der Waals surface area contributed by atoms with Gasteiger partial charge in [0.1, 0.15) is 12.4 Å². The van der Waals surface area contributed by atoms with Gasteiger partial charge in [-0.05, 0) is 90.0 Å². The summed E-state index contributed by atoms with van der Waals surface area (Å²) < 4.78 is 26.2. The molecule has 0 aliphatic carbocycles. The van der Waals surface area contributed by atoms with Crippen LogP contribution < -0.4 is 29.1 Å². The van der Waals surface area contributed by atoms with Gasteiger partial charge in [0.2, 0.25) is 0 Å². The number of rotatable bonds is 11. The highest BCUT2D eigenvalue weighted by atomic mass is 127. The van der Waals surface area contributed by atoms with E-state index in [9.17, 15) is 19.7 Å². The molecule has 1 aliphatic rings. The van der Waals surface area contributed by atoms with E-state index in [1.165, 1.54) is 41.3 Å². The van der Waals surface area contributed by atoms with Crippen molar-refractivity contribution in [3.05, 3.63) is 121 Å². The van der Waals surface area contributed by atoms with Gasteiger partial charge in [0.15, 0.2) is 16.3 Å². The van der Waals surface area contributed by atoms with E-state index in [2.05, 4.69) is 43.5 Å². The van der Waals surface area contributed by atoms with Gasteiger partial charge < -0.3 is 18.9 Å². The van der Waals surface area contributed by atoms with Crippen molar-refractivity contribution >= 4 is 67.6 Å². The Labute approximate surface area is 289 Å². The van der Waals surface area contributed by atoms with Crippen LogP contribution in [-0.4, -0.2) is 35.8 Å². The Hall–Kier alpha value is -4.02. The van der Waals surface area contributed by atoms with Gasteiger partial charge in [-0.1, -0.05) is 33.3 Å². The fourth-order valence-electron chi connectivity index (χ4n) is 4.84. The van der Waals surface area contributed by atoms with Crippen molar-refractivity contribution in [2.24, 2.45) is 4.99 Å². The number of hydrogen-bond donors (Lipinski definition) is 0. The Morgan fingerprint density at radius 2 is 1.80 bits per heavy atom. The third-order valence-corrected chi connectivity index (χ3v) is 9.12. The van der Waals surface area contributed by atoms with Crippen molar-refractivity contribution in [3.8, 4) is 17.2 Å². The second-order valence-electron chi connectivity index (χ2n) is 9.77. The molecule has 46 heavy (non-hydrogen) atoms. The summed E-state index contributed by atoms with van der Waals surface area (Å²) in [5.41, 5.74) is 1.83. The van der Waals surface area contributed by atoms with Gasteiger partial charge in [-0.3, -0.25) is 19.5 Å². The van der Waals surface area contributed by atoms with Crippen LogP contribution in [0.3, 0.4) is 0 Å². The molecule has 0 radical (unpaired) electrons. The lowest BCUT2D eigenvalue weighted by molar-refractivity contribution is -0.384. The molecule has 0 N–H and O–H groups in total. The van der Waals surface area contributed by atoms with Gasteiger partial charge >= 0.3 is 5.97 Å². The van der Waals surface area contributed by atoms with E-state index in [1.54, 1.807) is 36.4 Å². The van der Waals surface area contributed by atoms with E-state index in [-0.39, 0.29) is 23.4 Å². The molecule has 1 aliphatic heterocycles. The first-order valence-corrected chi connectivity index (χ1v) is 16.7. The Bertz CT molecular complexity index is 2020. The van der Waals surface area contributed by atoms with Crippen molar-refractivity contribution in [2.75, 3.05) is 20.3 Å². The fraction of sp³-hybridized carbons (Fsp3) is 0.219. The van der Waals surface area contributed by atoms with E-state index < -0.39 is 16.9 Å². The zero-order valence-electron chi connectivity index (χ0n) is 24.8. The molecule has 14 heteroatoms. The zero-order chi connectivity index (χ0) is 33.0. The number of carbonyl (C=O) groups excluding carboxylic acids is 1. The minimum absolute atomic E-state index is 0.00829. The summed E-state index contributed by atoms with van der Waals surface area (Å²) in [5, 5.41) is 11.0. The Kier molecular flexibility index (Phi) is 10.6. The SMILES string of the molecule is CCOc1ccc([C@H]2C(C(=O)OC)=CN=c3s/c(=C/c4cc(Br)cc(I)c4OCc4ccc([N+](=O)[O-])cc4)c(=O)n32)cc1OCC. The van der Waals surface area contributed by atoms with Gasteiger partial charge in [0.05, 0.1) is 45.0 Å². The lowest BCUT2D eigenvalue weighted by Gasteiger charge is -2.23. The van der Waals surface area contributed by atoms with E-state index >= 15 is 0 Å². The highest BCUT2D eigenvalue weighted by molar-refractivity contribution is 14.1. The summed E-state index contributed by atoms with van der Waals surface area (Å²) in [7, 11) is 1.28. The first kappa shape index (κ1) is 33.3. The molecule has 0 amide bonds. The molecule has 0 saturated heterocycles. The summed E-state index contributed by atoms with van der Waals surface area (Å²) in [6.45, 7) is 4.72. The number of hydrogen-bond acceptors (Lipinski definition) is 10. The molecule has 2 heterocycles. The zero-order valence-corrected chi connectivity index (χ0v) is 29.4. The standard InChI is InChI=1S/C32H27BrIN3O8S/c1-4-43-25-11-8-19(13-26(25)44-5-2)28-23(31(39)42-3)16-35-32-36(28)30(38)27(46-32)14-20-12-21(33)15-24(34)29(20)45-17-18-6-9-22(10-7-18)37(40)41/h6-16,28H,4-5,17H2,1-3H3/b27-14+/t28-/m0/s1. The number of aromatic nitrogens is 1. The highest BCUT2D eigenvalue weighted by Crippen LogP contribution is 2.35. The normalized spacial score (nSPS) is 14.2. The third-order valence-electron chi connectivity index (χ3n) is 6.86. The molecule has 4 aromatic rings. The molecular weight excluding hydrogens is 793 g/mol. The van der Waals surface area contributed by atoms with Crippen LogP contribution in [0.25, 0.3) is 6.08 Å². The maximum absolute atomic E-state index is 14.1. The van der Waals surface area contributed by atoms with Crippen molar-refractivity contribution in [2.45, 2.75) is 26.5 Å². The first-order chi connectivity index (χ1) is 22.1. The van der Waals surface area contributed by atoms with Crippen LogP contribution in [0.15, 0.2) is 80.6 Å². The molecule has 0 bridgehead atoms. The Morgan fingerprint density at radius 3 is 2.48 bits per heavy atom. The molecular formula is C32H27BrIN3O8S. The van der Waals surface area contributed by atoms with E-state index in [4.69, 9.17) is 18.9 Å². The van der Waals surface area contributed by atoms with Gasteiger partial charge in [0, 0.05) is 28.4 Å². The molecule has 0 unspecified atom stereocenters. The largest absolute Gasteiger partial charge is 0.490 e. The van der Waals surface area contributed by atoms with Crippen molar-refractivity contribution < 1.29 is 28.7 Å². The Balaban J connectivity index is 1.60. The van der Waals surface area contributed by atoms with Crippen LogP contribution in [-0.2, 0) is 16.1 Å². The Morgan fingerprint density at radius 1 is 1.09 bits per heavy atom. The van der Waals surface area contributed by atoms with E-state index in [1.807, 2.05) is 26.0 Å². The van der Waals surface area contributed by atoms with Crippen molar-refractivity contribution in [1.29, 1.82) is 0 Å². The number of nitro benzene ring substituents is 1. The second kappa shape index (κ2) is 14.6. The van der Waals surface area contributed by atoms with Gasteiger partial charge in [-0.15, -0.1) is 0 Å². The number of carbonyl (C=O) groups is 1. The molecule has 238 valence electrons. The van der Waals surface area contributed by atoms with Crippen LogP contribution in [0.2, 0.25) is 0 Å². The number of nitrogens with zero attached hydrogens (tertiary/aromatic N) is 3. The number of nitro groups is 1. The summed E-state index contributed by atoms with van der Waals surface area (Å²) in [6.07, 6.45) is 3.16. The van der Waals surface area contributed by atoms with Crippen LogP contribution in [0, 0.1) is 13.7 Å². The average Bonchev–Trinajstić information content (AvgIpc) is 3.35. The van der Waals surface area contributed by atoms with Crippen molar-refractivity contribution in [3.63, 3.8) is 0 Å². The monoisotopic (exact) mass is 819 g/mol. The summed E-state index contributed by atoms with van der Waals surface area (Å²) in [4.78, 5) is 42.5. The fourth-order valence-corrected chi connectivity index (χ4v) is 7.50. The van der Waals surface area contributed by atoms with Crippen LogP contribution in [0.4, 0.5) is 5.69 Å². The maximum atomic E-state index is 14.1. The highest BCUT2D eigenvalue weighted by Gasteiger charge is 2.31.